The van der Waals surface area contributed by atoms with Crippen molar-refractivity contribution in [2.24, 2.45) is 10.1 Å². The molecule has 0 aromatic heterocycles. The quantitative estimate of drug-likeness (QED) is 0.285. The van der Waals surface area contributed by atoms with E-state index >= 15 is 0 Å². The van der Waals surface area contributed by atoms with Crippen LogP contribution >= 0.6 is 0 Å². The number of hydrogen-bond donors (Lipinski definition) is 2. The van der Waals surface area contributed by atoms with E-state index < -0.39 is 22.5 Å². The number of carboxylic acids is 1. The third-order valence-corrected chi connectivity index (χ3v) is 4.15. The highest BCUT2D eigenvalue weighted by Crippen LogP contribution is 2.09. The second kappa shape index (κ2) is 22.3. The lowest BCUT2D eigenvalue weighted by molar-refractivity contribution is -0.137. The first kappa shape index (κ1) is 27.5. The van der Waals surface area contributed by atoms with E-state index in [1.54, 1.807) is 0 Å². The summed E-state index contributed by atoms with van der Waals surface area (Å²) in [6.45, 7) is 2.26. The standard InChI is InChI=1S/C18H34O2.CH2N2O3S/c1-2-3-4-5-6-7-8-9-10-11-12-13-14-15-16-17-18(19)20;2-1(4)3-7(5)6/h9-10H,2-8,11-17H2,1H3,(H,19,20);(H2,2,4). The van der Waals surface area contributed by atoms with Crippen LogP contribution in [0.15, 0.2) is 16.5 Å². The average molecular weight is 405 g/mol. The van der Waals surface area contributed by atoms with E-state index in [-0.39, 0.29) is 0 Å². The SMILES string of the molecule is CCCCCCCCC=CCCCCCCCC(=O)O.NC(=O)N=S(=O)=O. The Labute approximate surface area is 165 Å². The molecule has 2 amide bonds. The largest absolute Gasteiger partial charge is 0.481 e. The molecule has 0 saturated heterocycles. The molecule has 27 heavy (non-hydrogen) atoms. The van der Waals surface area contributed by atoms with Gasteiger partial charge in [-0.1, -0.05) is 74.8 Å². The Morgan fingerprint density at radius 2 is 1.30 bits per heavy atom. The molecule has 8 heteroatoms. The van der Waals surface area contributed by atoms with Gasteiger partial charge in [0.1, 0.15) is 0 Å². The van der Waals surface area contributed by atoms with Crippen molar-refractivity contribution < 1.29 is 23.1 Å². The number of nitrogens with two attached hydrogens (primary N) is 1. The van der Waals surface area contributed by atoms with E-state index in [9.17, 15) is 18.0 Å². The van der Waals surface area contributed by atoms with Crippen LogP contribution in [-0.4, -0.2) is 25.5 Å². The van der Waals surface area contributed by atoms with Gasteiger partial charge in [0, 0.05) is 6.42 Å². The highest BCUT2D eigenvalue weighted by Gasteiger charge is 1.95. The van der Waals surface area contributed by atoms with Gasteiger partial charge in [-0.15, -0.1) is 0 Å². The zero-order chi connectivity index (χ0) is 20.8. The number of carbonyl (C=O) groups excluding carboxylic acids is 1. The molecule has 0 aliphatic carbocycles. The van der Waals surface area contributed by atoms with E-state index in [0.29, 0.717) is 6.42 Å². The summed E-state index contributed by atoms with van der Waals surface area (Å²) >= 11 is 0. The van der Waals surface area contributed by atoms with Gasteiger partial charge in [-0.2, -0.15) is 8.42 Å². The van der Waals surface area contributed by atoms with Crippen LogP contribution in [0.2, 0.25) is 0 Å². The van der Waals surface area contributed by atoms with Crippen LogP contribution in [0.25, 0.3) is 0 Å². The summed E-state index contributed by atoms with van der Waals surface area (Å²) in [6.07, 6.45) is 21.2. The van der Waals surface area contributed by atoms with Crippen LogP contribution < -0.4 is 5.73 Å². The molecule has 0 aliphatic rings. The van der Waals surface area contributed by atoms with E-state index in [2.05, 4.69) is 29.2 Å². The van der Waals surface area contributed by atoms with Crippen molar-refractivity contribution in [3.63, 3.8) is 0 Å². The molecule has 0 heterocycles. The maximum absolute atomic E-state index is 10.3. The van der Waals surface area contributed by atoms with Crippen molar-refractivity contribution in [2.75, 3.05) is 0 Å². The number of urea groups is 1. The molecule has 0 atom stereocenters. The second-order valence-electron chi connectivity index (χ2n) is 6.37. The van der Waals surface area contributed by atoms with Gasteiger partial charge in [-0.05, 0) is 32.1 Å². The molecule has 0 saturated carbocycles. The molecule has 0 spiro atoms. The van der Waals surface area contributed by atoms with Crippen LogP contribution in [0.4, 0.5) is 4.79 Å². The number of aliphatic carboxylic acids is 1. The van der Waals surface area contributed by atoms with E-state index in [1.165, 1.54) is 70.6 Å². The maximum atomic E-state index is 10.3. The lowest BCUT2D eigenvalue weighted by atomic mass is 10.1. The predicted molar refractivity (Wildman–Crippen MR) is 108 cm³/mol. The number of rotatable bonds is 15. The number of nitrogens with zero attached hydrogens (tertiary/aromatic N) is 1. The lowest BCUT2D eigenvalue weighted by Gasteiger charge is -1.99. The van der Waals surface area contributed by atoms with Crippen molar-refractivity contribution in [1.82, 2.24) is 0 Å². The number of amides is 2. The Balaban J connectivity index is 0. The summed E-state index contributed by atoms with van der Waals surface area (Å²) in [6, 6.07) is -1.20. The Morgan fingerprint density at radius 1 is 0.852 bits per heavy atom. The minimum atomic E-state index is -2.70. The summed E-state index contributed by atoms with van der Waals surface area (Å²) in [5, 5.41) is 8.51. The Kier molecular flexibility index (Phi) is 22.8. The number of unbranched alkanes of at least 4 members (excludes halogenated alkanes) is 11. The molecule has 3 N–H and O–H groups in total. The molecule has 7 nitrogen and oxygen atoms in total. The number of hydrogen-bond acceptors (Lipinski definition) is 4. The van der Waals surface area contributed by atoms with Crippen LogP contribution in [0.3, 0.4) is 0 Å². The van der Waals surface area contributed by atoms with Crippen molar-refractivity contribution >= 4 is 22.5 Å². The van der Waals surface area contributed by atoms with E-state index in [0.717, 1.165) is 12.8 Å². The Hall–Kier alpha value is -1.70. The first-order valence-corrected chi connectivity index (χ1v) is 10.9. The minimum Gasteiger partial charge on any atom is -0.481 e. The van der Waals surface area contributed by atoms with Gasteiger partial charge in [0.2, 0.25) is 0 Å². The Morgan fingerprint density at radius 3 is 1.67 bits per heavy atom. The van der Waals surface area contributed by atoms with Crippen molar-refractivity contribution in [3.8, 4) is 0 Å². The van der Waals surface area contributed by atoms with Crippen molar-refractivity contribution in [1.29, 1.82) is 0 Å². The fourth-order valence-electron chi connectivity index (χ4n) is 2.42. The molecule has 0 radical (unpaired) electrons. The first-order chi connectivity index (χ1) is 12.9. The molecule has 0 aromatic rings. The van der Waals surface area contributed by atoms with Gasteiger partial charge >= 0.3 is 22.5 Å². The monoisotopic (exact) mass is 404 g/mol. The van der Waals surface area contributed by atoms with E-state index in [4.69, 9.17) is 5.11 Å². The Bertz CT molecular complexity index is 522. The number of primary amides is 1. The topological polar surface area (TPSA) is 127 Å². The molecule has 0 rings (SSSR count). The normalized spacial score (nSPS) is 10.3. The highest BCUT2D eigenvalue weighted by atomic mass is 32.2. The molecule has 0 unspecified atom stereocenters. The fraction of sp³-hybridized carbons (Fsp3) is 0.789. The second-order valence-corrected chi connectivity index (χ2v) is 6.99. The lowest BCUT2D eigenvalue weighted by Crippen LogP contribution is -2.02. The molecule has 0 fully saturated rings. The van der Waals surface area contributed by atoms with Crippen LogP contribution in [-0.2, 0) is 15.3 Å². The van der Waals surface area contributed by atoms with Crippen LogP contribution in [0, 0.1) is 0 Å². The zero-order valence-corrected chi connectivity index (χ0v) is 17.4. The maximum Gasteiger partial charge on any atom is 0.353 e. The van der Waals surface area contributed by atoms with Crippen molar-refractivity contribution in [2.45, 2.75) is 96.8 Å². The van der Waals surface area contributed by atoms with Gasteiger partial charge in [-0.25, -0.2) is 4.79 Å². The molecular weight excluding hydrogens is 368 g/mol. The third-order valence-electron chi connectivity index (χ3n) is 3.82. The van der Waals surface area contributed by atoms with Gasteiger partial charge in [0.15, 0.2) is 0 Å². The first-order valence-electron chi connectivity index (χ1n) is 9.87. The highest BCUT2D eigenvalue weighted by molar-refractivity contribution is 7.62. The van der Waals surface area contributed by atoms with E-state index in [1.807, 2.05) is 0 Å². The molecule has 158 valence electrons. The number of allylic oxidation sites excluding steroid dienone is 2. The molecular formula is C19H36N2O5S. The molecule has 0 aliphatic heterocycles. The van der Waals surface area contributed by atoms with Gasteiger partial charge in [0.25, 0.3) is 0 Å². The number of carbonyl (C=O) groups is 2. The summed E-state index contributed by atoms with van der Waals surface area (Å²) in [7, 11) is -2.70. The van der Waals surface area contributed by atoms with Gasteiger partial charge in [0.05, 0.1) is 0 Å². The zero-order valence-electron chi connectivity index (χ0n) is 16.6. The summed E-state index contributed by atoms with van der Waals surface area (Å²) in [4.78, 5) is 19.8. The van der Waals surface area contributed by atoms with Crippen LogP contribution in [0.5, 0.6) is 0 Å². The van der Waals surface area contributed by atoms with Crippen LogP contribution in [0.1, 0.15) is 96.8 Å². The summed E-state index contributed by atoms with van der Waals surface area (Å²) in [5.41, 5.74) is 4.29. The third kappa shape index (κ3) is 32.4. The van der Waals surface area contributed by atoms with Crippen molar-refractivity contribution in [3.05, 3.63) is 12.2 Å². The smallest absolute Gasteiger partial charge is 0.353 e. The summed E-state index contributed by atoms with van der Waals surface area (Å²) in [5.74, 6) is -0.664. The molecule has 0 bridgehead atoms. The summed E-state index contributed by atoms with van der Waals surface area (Å²) < 4.78 is 21.0. The molecule has 0 aromatic carbocycles. The predicted octanol–water partition coefficient (Wildman–Crippen LogP) is 5.24. The minimum absolute atomic E-state index is 0.332. The number of carboxylic acid groups (broad SMARTS) is 1. The fourth-order valence-corrected chi connectivity index (χ4v) is 2.57. The average Bonchev–Trinajstić information content (AvgIpc) is 2.57. The van der Waals surface area contributed by atoms with Gasteiger partial charge in [-0.3, -0.25) is 4.79 Å². The van der Waals surface area contributed by atoms with Gasteiger partial charge < -0.3 is 10.8 Å².